The van der Waals surface area contributed by atoms with Gasteiger partial charge in [-0.15, -0.1) is 0 Å². The Morgan fingerprint density at radius 2 is 1.81 bits per heavy atom. The number of carbonyl (C=O) groups is 2. The van der Waals surface area contributed by atoms with Crippen molar-refractivity contribution in [2.75, 3.05) is 50.0 Å². The van der Waals surface area contributed by atoms with E-state index in [0.717, 1.165) is 37.6 Å². The maximum atomic E-state index is 12.7. The molecule has 7 heteroatoms. The minimum Gasteiger partial charge on any atom is -0.337 e. The smallest absolute Gasteiger partial charge is 0.253 e. The van der Waals surface area contributed by atoms with Gasteiger partial charge in [-0.1, -0.05) is 36.4 Å². The van der Waals surface area contributed by atoms with Crippen molar-refractivity contribution in [2.24, 2.45) is 0 Å². The minimum atomic E-state index is -0.0969. The van der Waals surface area contributed by atoms with Crippen LogP contribution in [0.4, 0.5) is 5.69 Å². The second-order valence-electron chi connectivity index (χ2n) is 8.15. The topological polar surface area (TPSA) is 64.7 Å². The number of carbonyl (C=O) groups excluding carboxylic acids is 2. The maximum absolute atomic E-state index is 12.7. The number of likely N-dealkylation sites (tertiary alicyclic amines) is 1. The average Bonchev–Trinajstić information content (AvgIpc) is 3.19. The highest BCUT2D eigenvalue weighted by atomic mass is 32.2. The van der Waals surface area contributed by atoms with Gasteiger partial charge in [0.2, 0.25) is 5.91 Å². The van der Waals surface area contributed by atoms with E-state index >= 15 is 0 Å². The van der Waals surface area contributed by atoms with E-state index in [0.29, 0.717) is 11.3 Å². The molecule has 164 valence electrons. The number of anilines is 1. The molecule has 0 aliphatic carbocycles. The Kier molecular flexibility index (Phi) is 7.27. The molecule has 2 aliphatic rings. The second-order valence-corrected chi connectivity index (χ2v) is 9.37. The highest BCUT2D eigenvalue weighted by molar-refractivity contribution is 7.99. The molecule has 6 nitrogen and oxygen atoms in total. The number of rotatable bonds is 6. The van der Waals surface area contributed by atoms with E-state index < -0.39 is 0 Å². The lowest BCUT2D eigenvalue weighted by Gasteiger charge is -2.26. The van der Waals surface area contributed by atoms with Crippen molar-refractivity contribution in [2.45, 2.75) is 18.5 Å². The van der Waals surface area contributed by atoms with Gasteiger partial charge in [-0.3, -0.25) is 14.5 Å². The van der Waals surface area contributed by atoms with Crippen LogP contribution in [0.5, 0.6) is 0 Å². The number of nitrogens with one attached hydrogen (secondary N) is 2. The van der Waals surface area contributed by atoms with Crippen LogP contribution in [0.1, 0.15) is 28.4 Å². The first-order valence-corrected chi connectivity index (χ1v) is 12.0. The fourth-order valence-corrected chi connectivity index (χ4v) is 5.31. The van der Waals surface area contributed by atoms with E-state index in [4.69, 9.17) is 0 Å². The van der Waals surface area contributed by atoms with Crippen molar-refractivity contribution in [3.63, 3.8) is 0 Å². The molecule has 2 fully saturated rings. The third kappa shape index (κ3) is 5.47. The molecule has 2 heterocycles. The molecule has 2 aliphatic heterocycles. The number of hydrogen-bond acceptors (Lipinski definition) is 5. The third-order valence-corrected chi connectivity index (χ3v) is 6.95. The zero-order chi connectivity index (χ0) is 21.6. The summed E-state index contributed by atoms with van der Waals surface area (Å²) in [5, 5.41) is 6.38. The van der Waals surface area contributed by atoms with E-state index in [9.17, 15) is 9.59 Å². The van der Waals surface area contributed by atoms with Gasteiger partial charge in [0.05, 0.1) is 6.54 Å². The van der Waals surface area contributed by atoms with Gasteiger partial charge < -0.3 is 15.5 Å². The summed E-state index contributed by atoms with van der Waals surface area (Å²) < 4.78 is 0. The lowest BCUT2D eigenvalue weighted by Crippen LogP contribution is -2.39. The Morgan fingerprint density at radius 3 is 2.58 bits per heavy atom. The number of benzene rings is 2. The molecule has 2 atom stereocenters. The van der Waals surface area contributed by atoms with Gasteiger partial charge >= 0.3 is 0 Å². The monoisotopic (exact) mass is 438 g/mol. The Balaban J connectivity index is 1.33. The number of likely N-dealkylation sites (N-methyl/N-ethyl adjacent to an activating group) is 1. The Bertz CT molecular complexity index is 901. The van der Waals surface area contributed by atoms with E-state index in [1.54, 1.807) is 6.07 Å². The zero-order valence-electron chi connectivity index (χ0n) is 17.9. The number of nitrogens with zero attached hydrogens (tertiary/aromatic N) is 2. The van der Waals surface area contributed by atoms with Crippen molar-refractivity contribution < 1.29 is 9.59 Å². The van der Waals surface area contributed by atoms with Crippen molar-refractivity contribution >= 4 is 29.3 Å². The Hall–Kier alpha value is -2.35. The molecule has 2 saturated heterocycles. The van der Waals surface area contributed by atoms with Gasteiger partial charge in [0.15, 0.2) is 0 Å². The van der Waals surface area contributed by atoms with Crippen molar-refractivity contribution in [3.8, 4) is 0 Å². The van der Waals surface area contributed by atoms with E-state index in [1.165, 1.54) is 5.56 Å². The summed E-state index contributed by atoms with van der Waals surface area (Å²) in [5.41, 5.74) is 2.55. The quantitative estimate of drug-likeness (QED) is 0.726. The molecular formula is C24H30N4O2S. The molecule has 2 unspecified atom stereocenters. The molecule has 2 N–H and O–H groups in total. The molecular weight excluding hydrogens is 408 g/mol. The summed E-state index contributed by atoms with van der Waals surface area (Å²) in [4.78, 5) is 29.5. The van der Waals surface area contributed by atoms with E-state index in [1.807, 2.05) is 40.9 Å². The summed E-state index contributed by atoms with van der Waals surface area (Å²) in [6, 6.07) is 18.2. The summed E-state index contributed by atoms with van der Waals surface area (Å²) in [6.45, 7) is 2.80. The standard InChI is InChI=1S/C24H30N4O2S/c1-27-11-10-21(23(27)18-6-3-2-4-7-18)25-17-22(29)26-20-9-5-8-19(16-20)24(30)28-12-14-31-15-13-28/h2-9,16,21,23,25H,10-15,17H2,1H3,(H,26,29). The van der Waals surface area contributed by atoms with E-state index in [-0.39, 0.29) is 30.4 Å². The summed E-state index contributed by atoms with van der Waals surface area (Å²) in [6.07, 6.45) is 1.00. The lowest BCUT2D eigenvalue weighted by molar-refractivity contribution is -0.115. The normalized spacial score (nSPS) is 21.8. The molecule has 2 amide bonds. The van der Waals surface area contributed by atoms with Crippen LogP contribution >= 0.6 is 11.8 Å². The van der Waals surface area contributed by atoms with Gasteiger partial charge in [0.25, 0.3) is 5.91 Å². The SMILES string of the molecule is CN1CCC(NCC(=O)Nc2cccc(C(=O)N3CCSCC3)c2)C1c1ccccc1. The van der Waals surface area contributed by atoms with Crippen molar-refractivity contribution in [3.05, 3.63) is 65.7 Å². The minimum absolute atomic E-state index is 0.0363. The molecule has 0 saturated carbocycles. The fourth-order valence-electron chi connectivity index (χ4n) is 4.41. The van der Waals surface area contributed by atoms with Gasteiger partial charge in [0, 0.05) is 54.5 Å². The molecule has 0 bridgehead atoms. The van der Waals surface area contributed by atoms with Crippen LogP contribution in [0.3, 0.4) is 0 Å². The maximum Gasteiger partial charge on any atom is 0.253 e. The highest BCUT2D eigenvalue weighted by Crippen LogP contribution is 2.30. The first-order valence-electron chi connectivity index (χ1n) is 10.9. The van der Waals surface area contributed by atoms with Crippen LogP contribution in [-0.2, 0) is 4.79 Å². The van der Waals surface area contributed by atoms with E-state index in [2.05, 4.69) is 46.8 Å². The number of thioether (sulfide) groups is 1. The largest absolute Gasteiger partial charge is 0.337 e. The predicted octanol–water partition coefficient (Wildman–Crippen LogP) is 2.85. The highest BCUT2D eigenvalue weighted by Gasteiger charge is 2.32. The fraction of sp³-hybridized carbons (Fsp3) is 0.417. The lowest BCUT2D eigenvalue weighted by atomic mass is 10.0. The van der Waals surface area contributed by atoms with Gasteiger partial charge in [-0.05, 0) is 37.2 Å². The van der Waals surface area contributed by atoms with Gasteiger partial charge in [-0.2, -0.15) is 11.8 Å². The summed E-state index contributed by atoms with van der Waals surface area (Å²) in [7, 11) is 2.13. The summed E-state index contributed by atoms with van der Waals surface area (Å²) >= 11 is 1.88. The van der Waals surface area contributed by atoms with Crippen LogP contribution in [0.2, 0.25) is 0 Å². The third-order valence-electron chi connectivity index (χ3n) is 6.01. The zero-order valence-corrected chi connectivity index (χ0v) is 18.7. The van der Waals surface area contributed by atoms with Crippen molar-refractivity contribution in [1.29, 1.82) is 0 Å². The van der Waals surface area contributed by atoms with Crippen LogP contribution in [0.25, 0.3) is 0 Å². The summed E-state index contributed by atoms with van der Waals surface area (Å²) in [5.74, 6) is 1.90. The second kappa shape index (κ2) is 10.3. The van der Waals surface area contributed by atoms with Crippen LogP contribution in [0, 0.1) is 0 Å². The van der Waals surface area contributed by atoms with Crippen LogP contribution < -0.4 is 10.6 Å². The Morgan fingerprint density at radius 1 is 1.03 bits per heavy atom. The first kappa shape index (κ1) is 21.9. The predicted molar refractivity (Wildman–Crippen MR) is 127 cm³/mol. The Labute approximate surface area is 188 Å². The number of hydrogen-bond donors (Lipinski definition) is 2. The van der Waals surface area contributed by atoms with Gasteiger partial charge in [-0.25, -0.2) is 0 Å². The van der Waals surface area contributed by atoms with Crippen LogP contribution in [0.15, 0.2) is 54.6 Å². The average molecular weight is 439 g/mol. The molecule has 0 radical (unpaired) electrons. The number of amides is 2. The molecule has 4 rings (SSSR count). The molecule has 2 aromatic carbocycles. The molecule has 0 spiro atoms. The first-order chi connectivity index (χ1) is 15.1. The van der Waals surface area contributed by atoms with Crippen molar-refractivity contribution in [1.82, 2.24) is 15.1 Å². The van der Waals surface area contributed by atoms with Crippen LogP contribution in [-0.4, -0.2) is 72.4 Å². The molecule has 2 aromatic rings. The molecule has 0 aromatic heterocycles. The molecule has 31 heavy (non-hydrogen) atoms. The van der Waals surface area contributed by atoms with Gasteiger partial charge in [0.1, 0.15) is 0 Å².